The third kappa shape index (κ3) is 3.24. The van der Waals surface area contributed by atoms with Gasteiger partial charge in [0, 0.05) is 19.0 Å². The lowest BCUT2D eigenvalue weighted by molar-refractivity contribution is 0.481. The Kier molecular flexibility index (Phi) is 4.50. The summed E-state index contributed by atoms with van der Waals surface area (Å²) in [5.41, 5.74) is 2.26. The molecule has 0 aliphatic heterocycles. The molecule has 1 aliphatic rings. The molecule has 5 heteroatoms. The van der Waals surface area contributed by atoms with Crippen LogP contribution >= 0.6 is 27.5 Å². The van der Waals surface area contributed by atoms with Crippen LogP contribution < -0.4 is 5.32 Å². The molecule has 1 aliphatic carbocycles. The zero-order valence-electron chi connectivity index (χ0n) is 10.3. The third-order valence-electron chi connectivity index (χ3n) is 3.46. The molecule has 2 unspecified atom stereocenters. The summed E-state index contributed by atoms with van der Waals surface area (Å²) in [6.07, 6.45) is 3.58. The molecular weight excluding hydrogens is 302 g/mol. The predicted molar refractivity (Wildman–Crippen MR) is 74.3 cm³/mol. The first-order valence-corrected chi connectivity index (χ1v) is 7.33. The van der Waals surface area contributed by atoms with E-state index < -0.39 is 0 Å². The van der Waals surface area contributed by atoms with E-state index in [9.17, 15) is 0 Å². The smallest absolute Gasteiger partial charge is 0.0739 e. The average molecular weight is 321 g/mol. The Balaban J connectivity index is 1.82. The Morgan fingerprint density at radius 2 is 2.29 bits per heavy atom. The van der Waals surface area contributed by atoms with Gasteiger partial charge in [-0.15, -0.1) is 11.6 Å². The largest absolute Gasteiger partial charge is 0.311 e. The number of hydrogen-bond acceptors (Lipinski definition) is 2. The highest BCUT2D eigenvalue weighted by molar-refractivity contribution is 9.10. The van der Waals surface area contributed by atoms with Crippen LogP contribution in [0.2, 0.25) is 0 Å². The van der Waals surface area contributed by atoms with Crippen molar-refractivity contribution in [3.63, 3.8) is 0 Å². The number of aromatic nitrogens is 2. The molecule has 3 nitrogen and oxygen atoms in total. The van der Waals surface area contributed by atoms with Gasteiger partial charge >= 0.3 is 0 Å². The van der Waals surface area contributed by atoms with Crippen LogP contribution in [0.15, 0.2) is 4.47 Å². The fraction of sp³-hybridized carbons (Fsp3) is 0.750. The highest BCUT2D eigenvalue weighted by atomic mass is 79.9. The van der Waals surface area contributed by atoms with E-state index in [-0.39, 0.29) is 0 Å². The van der Waals surface area contributed by atoms with E-state index in [1.807, 2.05) is 18.7 Å². The van der Waals surface area contributed by atoms with Crippen LogP contribution in [-0.4, -0.2) is 21.7 Å². The fourth-order valence-electron chi connectivity index (χ4n) is 2.47. The molecule has 0 aromatic carbocycles. The topological polar surface area (TPSA) is 29.9 Å². The second-order valence-corrected chi connectivity index (χ2v) is 6.29. The lowest BCUT2D eigenvalue weighted by Crippen LogP contribution is -2.22. The van der Waals surface area contributed by atoms with Crippen molar-refractivity contribution in [1.29, 1.82) is 0 Å². The third-order valence-corrected chi connectivity index (χ3v) is 4.89. The van der Waals surface area contributed by atoms with Crippen molar-refractivity contribution in [2.75, 3.05) is 6.54 Å². The molecule has 17 heavy (non-hydrogen) atoms. The number of alkyl halides is 1. The van der Waals surface area contributed by atoms with E-state index in [0.29, 0.717) is 5.38 Å². The molecule has 1 heterocycles. The first-order chi connectivity index (χ1) is 8.08. The monoisotopic (exact) mass is 319 g/mol. The van der Waals surface area contributed by atoms with Gasteiger partial charge in [-0.25, -0.2) is 0 Å². The van der Waals surface area contributed by atoms with Crippen molar-refractivity contribution in [1.82, 2.24) is 15.1 Å². The summed E-state index contributed by atoms with van der Waals surface area (Å²) in [6, 6.07) is 0. The molecule has 0 spiro atoms. The summed E-state index contributed by atoms with van der Waals surface area (Å²) in [5, 5.41) is 8.29. The molecule has 0 amide bonds. The molecule has 0 saturated heterocycles. The van der Waals surface area contributed by atoms with Gasteiger partial charge in [0.2, 0.25) is 0 Å². The minimum absolute atomic E-state index is 0.396. The minimum Gasteiger partial charge on any atom is -0.311 e. The molecule has 1 aromatic heterocycles. The zero-order chi connectivity index (χ0) is 12.4. The number of halogens is 2. The molecule has 96 valence electrons. The first kappa shape index (κ1) is 13.4. The van der Waals surface area contributed by atoms with Crippen molar-refractivity contribution < 1.29 is 0 Å². The molecule has 2 atom stereocenters. The van der Waals surface area contributed by atoms with E-state index in [4.69, 9.17) is 11.6 Å². The first-order valence-electron chi connectivity index (χ1n) is 6.10. The quantitative estimate of drug-likeness (QED) is 0.864. The molecule has 0 bridgehead atoms. The number of nitrogens with zero attached hydrogens (tertiary/aromatic N) is 2. The van der Waals surface area contributed by atoms with E-state index in [1.165, 1.54) is 18.5 Å². The number of rotatable bonds is 4. The lowest BCUT2D eigenvalue weighted by atomic mass is 10.1. The van der Waals surface area contributed by atoms with Crippen molar-refractivity contribution in [2.24, 2.45) is 13.0 Å². The second-order valence-electron chi connectivity index (χ2n) is 4.88. The summed E-state index contributed by atoms with van der Waals surface area (Å²) >= 11 is 9.69. The van der Waals surface area contributed by atoms with Gasteiger partial charge in [0.25, 0.3) is 0 Å². The SMILES string of the molecule is Cc1nn(C)c(CNCC2CCC(Cl)C2)c1Br. The molecule has 1 fully saturated rings. The van der Waals surface area contributed by atoms with Crippen molar-refractivity contribution in [3.05, 3.63) is 15.9 Å². The van der Waals surface area contributed by atoms with Gasteiger partial charge < -0.3 is 5.32 Å². The van der Waals surface area contributed by atoms with Gasteiger partial charge in [0.1, 0.15) is 0 Å². The predicted octanol–water partition coefficient (Wildman–Crippen LogP) is 2.99. The molecular formula is C12H19BrClN3. The van der Waals surface area contributed by atoms with Crippen LogP contribution in [0.3, 0.4) is 0 Å². The normalized spacial score (nSPS) is 24.5. The Labute approximate surface area is 116 Å². The van der Waals surface area contributed by atoms with Crippen LogP contribution in [0, 0.1) is 12.8 Å². The number of nitrogens with one attached hydrogen (secondary N) is 1. The summed E-state index contributed by atoms with van der Waals surface area (Å²) < 4.78 is 3.06. The Morgan fingerprint density at radius 1 is 1.53 bits per heavy atom. The molecule has 1 saturated carbocycles. The van der Waals surface area contributed by atoms with Gasteiger partial charge in [-0.2, -0.15) is 5.10 Å². The van der Waals surface area contributed by atoms with E-state index >= 15 is 0 Å². The van der Waals surface area contributed by atoms with Gasteiger partial charge in [-0.3, -0.25) is 4.68 Å². The zero-order valence-corrected chi connectivity index (χ0v) is 12.7. The summed E-state index contributed by atoms with van der Waals surface area (Å²) in [4.78, 5) is 0. The van der Waals surface area contributed by atoms with Crippen LogP contribution in [-0.2, 0) is 13.6 Å². The minimum atomic E-state index is 0.396. The second kappa shape index (κ2) is 5.72. The molecule has 2 rings (SSSR count). The van der Waals surface area contributed by atoms with E-state index in [2.05, 4.69) is 26.3 Å². The van der Waals surface area contributed by atoms with Crippen molar-refractivity contribution >= 4 is 27.5 Å². The number of aryl methyl sites for hydroxylation is 2. The van der Waals surface area contributed by atoms with Gasteiger partial charge in [0.05, 0.1) is 15.9 Å². The highest BCUT2D eigenvalue weighted by Crippen LogP contribution is 2.29. The maximum absolute atomic E-state index is 6.11. The highest BCUT2D eigenvalue weighted by Gasteiger charge is 2.22. The summed E-state index contributed by atoms with van der Waals surface area (Å²) in [6.45, 7) is 3.93. The standard InChI is InChI=1S/C12H19BrClN3/c1-8-12(13)11(17(2)16-8)7-15-6-9-3-4-10(14)5-9/h9-10,15H,3-7H2,1-2H3. The Morgan fingerprint density at radius 3 is 2.82 bits per heavy atom. The number of hydrogen-bond donors (Lipinski definition) is 1. The van der Waals surface area contributed by atoms with E-state index in [1.54, 1.807) is 0 Å². The van der Waals surface area contributed by atoms with Crippen molar-refractivity contribution in [3.8, 4) is 0 Å². The maximum atomic E-state index is 6.11. The van der Waals surface area contributed by atoms with Gasteiger partial charge in [-0.1, -0.05) is 0 Å². The van der Waals surface area contributed by atoms with Gasteiger partial charge in [0.15, 0.2) is 0 Å². The molecule has 1 aromatic rings. The van der Waals surface area contributed by atoms with Crippen LogP contribution in [0.5, 0.6) is 0 Å². The molecule has 0 radical (unpaired) electrons. The van der Waals surface area contributed by atoms with Crippen LogP contribution in [0.25, 0.3) is 0 Å². The van der Waals surface area contributed by atoms with Gasteiger partial charge in [-0.05, 0) is 54.6 Å². The Bertz CT molecular complexity index is 391. The van der Waals surface area contributed by atoms with E-state index in [0.717, 1.165) is 35.6 Å². The summed E-state index contributed by atoms with van der Waals surface area (Å²) in [5.74, 6) is 0.741. The average Bonchev–Trinajstić information content (AvgIpc) is 2.78. The summed E-state index contributed by atoms with van der Waals surface area (Å²) in [7, 11) is 1.99. The Hall–Kier alpha value is -0.0600. The van der Waals surface area contributed by atoms with Crippen LogP contribution in [0.4, 0.5) is 0 Å². The van der Waals surface area contributed by atoms with Crippen LogP contribution in [0.1, 0.15) is 30.7 Å². The van der Waals surface area contributed by atoms with Crippen molar-refractivity contribution in [2.45, 2.75) is 38.1 Å². The maximum Gasteiger partial charge on any atom is 0.0739 e. The fourth-order valence-corrected chi connectivity index (χ4v) is 3.32. The molecule has 1 N–H and O–H groups in total. The lowest BCUT2D eigenvalue weighted by Gasteiger charge is -2.11.